The van der Waals surface area contributed by atoms with Crippen LogP contribution in [0, 0.1) is 0 Å². The van der Waals surface area contributed by atoms with E-state index in [4.69, 9.17) is 16.7 Å². The summed E-state index contributed by atoms with van der Waals surface area (Å²) in [4.78, 5) is 0. The fourth-order valence-electron chi connectivity index (χ4n) is 2.70. The van der Waals surface area contributed by atoms with Crippen LogP contribution in [0.3, 0.4) is 0 Å². The fraction of sp³-hybridized carbons (Fsp3) is 0.222. The van der Waals surface area contributed by atoms with E-state index in [0.717, 1.165) is 22.5 Å². The fourth-order valence-corrected chi connectivity index (χ4v) is 2.93. The molecule has 2 aromatic carbocycles. The molecule has 0 fully saturated rings. The van der Waals surface area contributed by atoms with Crippen molar-refractivity contribution in [2.45, 2.75) is 13.1 Å². The third kappa shape index (κ3) is 3.17. The number of aliphatic hydroxyl groups excluding tert-OH is 1. The van der Waals surface area contributed by atoms with Crippen LogP contribution in [0.25, 0.3) is 10.9 Å². The van der Waals surface area contributed by atoms with Gasteiger partial charge in [0, 0.05) is 41.8 Å². The molecule has 0 saturated heterocycles. The average molecular weight is 315 g/mol. The van der Waals surface area contributed by atoms with Crippen LogP contribution in [0.1, 0.15) is 11.1 Å². The van der Waals surface area contributed by atoms with Gasteiger partial charge in [0.1, 0.15) is 0 Å². The molecule has 0 saturated carbocycles. The second-order valence-electron chi connectivity index (χ2n) is 5.29. The summed E-state index contributed by atoms with van der Waals surface area (Å²) in [6, 6.07) is 16.5. The number of benzene rings is 2. The molecule has 0 bridgehead atoms. The number of aliphatic hydroxyl groups is 1. The van der Waals surface area contributed by atoms with Gasteiger partial charge in [0.15, 0.2) is 0 Å². The first-order chi connectivity index (χ1) is 10.8. The van der Waals surface area contributed by atoms with Crippen LogP contribution >= 0.6 is 11.6 Å². The number of halogens is 1. The second-order valence-corrected chi connectivity index (χ2v) is 5.70. The highest BCUT2D eigenvalue weighted by Crippen LogP contribution is 2.27. The molecule has 0 spiro atoms. The SMILES string of the molecule is OCCNCc1c(Cl)ccc2c1ccn2Cc1ccccc1. The molecular weight excluding hydrogens is 296 g/mol. The molecule has 0 atom stereocenters. The minimum Gasteiger partial charge on any atom is -0.395 e. The van der Waals surface area contributed by atoms with E-state index in [0.29, 0.717) is 13.1 Å². The zero-order valence-electron chi connectivity index (χ0n) is 12.3. The minimum atomic E-state index is 0.128. The molecule has 0 radical (unpaired) electrons. The topological polar surface area (TPSA) is 37.2 Å². The molecule has 2 N–H and O–H groups in total. The lowest BCUT2D eigenvalue weighted by molar-refractivity contribution is 0.292. The van der Waals surface area contributed by atoms with Crippen LogP contribution in [-0.4, -0.2) is 22.8 Å². The van der Waals surface area contributed by atoms with E-state index in [1.807, 2.05) is 12.1 Å². The number of hydrogen-bond acceptors (Lipinski definition) is 2. The molecule has 4 heteroatoms. The van der Waals surface area contributed by atoms with Crippen molar-refractivity contribution in [2.75, 3.05) is 13.2 Å². The number of hydrogen-bond donors (Lipinski definition) is 2. The summed E-state index contributed by atoms with van der Waals surface area (Å²) in [5.41, 5.74) is 3.53. The molecule has 1 heterocycles. The van der Waals surface area contributed by atoms with Crippen LogP contribution in [0.15, 0.2) is 54.7 Å². The molecule has 0 aliphatic heterocycles. The Morgan fingerprint density at radius 3 is 2.64 bits per heavy atom. The molecular formula is C18H19ClN2O. The van der Waals surface area contributed by atoms with Gasteiger partial charge >= 0.3 is 0 Å². The Bertz CT molecular complexity index is 752. The van der Waals surface area contributed by atoms with Crippen LogP contribution in [0.2, 0.25) is 5.02 Å². The first-order valence-electron chi connectivity index (χ1n) is 7.41. The highest BCUT2D eigenvalue weighted by molar-refractivity contribution is 6.32. The quantitative estimate of drug-likeness (QED) is 0.684. The molecule has 114 valence electrons. The second kappa shape index (κ2) is 6.97. The van der Waals surface area contributed by atoms with Crippen molar-refractivity contribution in [1.29, 1.82) is 0 Å². The normalized spacial score (nSPS) is 11.2. The Balaban J connectivity index is 1.92. The third-order valence-electron chi connectivity index (χ3n) is 3.79. The summed E-state index contributed by atoms with van der Waals surface area (Å²) in [7, 11) is 0. The van der Waals surface area contributed by atoms with Crippen molar-refractivity contribution in [2.24, 2.45) is 0 Å². The molecule has 0 unspecified atom stereocenters. The maximum Gasteiger partial charge on any atom is 0.0556 e. The van der Waals surface area contributed by atoms with E-state index in [1.54, 1.807) is 0 Å². The summed E-state index contributed by atoms with van der Waals surface area (Å²) >= 11 is 6.34. The van der Waals surface area contributed by atoms with Crippen molar-refractivity contribution in [3.63, 3.8) is 0 Å². The van der Waals surface area contributed by atoms with Crippen molar-refractivity contribution in [3.8, 4) is 0 Å². The first kappa shape index (κ1) is 15.1. The Morgan fingerprint density at radius 1 is 1.05 bits per heavy atom. The van der Waals surface area contributed by atoms with E-state index < -0.39 is 0 Å². The highest BCUT2D eigenvalue weighted by Gasteiger charge is 2.09. The van der Waals surface area contributed by atoms with Crippen LogP contribution < -0.4 is 5.32 Å². The number of aromatic nitrogens is 1. The van der Waals surface area contributed by atoms with E-state index in [1.165, 1.54) is 11.1 Å². The summed E-state index contributed by atoms with van der Waals surface area (Å²) < 4.78 is 2.23. The molecule has 1 aromatic heterocycles. The molecule has 0 aliphatic carbocycles. The Kier molecular flexibility index (Phi) is 4.78. The van der Waals surface area contributed by atoms with Gasteiger partial charge in [-0.2, -0.15) is 0 Å². The zero-order valence-corrected chi connectivity index (χ0v) is 13.1. The monoisotopic (exact) mass is 314 g/mol. The smallest absolute Gasteiger partial charge is 0.0556 e. The Hall–Kier alpha value is -1.81. The van der Waals surface area contributed by atoms with Crippen molar-refractivity contribution >= 4 is 22.5 Å². The number of nitrogens with zero attached hydrogens (tertiary/aromatic N) is 1. The molecule has 0 aliphatic rings. The van der Waals surface area contributed by atoms with E-state index in [2.05, 4.69) is 52.5 Å². The zero-order chi connectivity index (χ0) is 15.4. The van der Waals surface area contributed by atoms with Gasteiger partial charge in [0.2, 0.25) is 0 Å². The van der Waals surface area contributed by atoms with Gasteiger partial charge in [-0.15, -0.1) is 0 Å². The van der Waals surface area contributed by atoms with Gasteiger partial charge in [-0.25, -0.2) is 0 Å². The van der Waals surface area contributed by atoms with E-state index in [9.17, 15) is 0 Å². The first-order valence-corrected chi connectivity index (χ1v) is 7.79. The predicted octanol–water partition coefficient (Wildman–Crippen LogP) is 3.42. The summed E-state index contributed by atoms with van der Waals surface area (Å²) in [6.07, 6.45) is 2.10. The van der Waals surface area contributed by atoms with Gasteiger partial charge in [-0.05, 0) is 29.3 Å². The van der Waals surface area contributed by atoms with E-state index >= 15 is 0 Å². The number of nitrogens with one attached hydrogen (secondary N) is 1. The largest absolute Gasteiger partial charge is 0.395 e. The van der Waals surface area contributed by atoms with Crippen molar-refractivity contribution in [1.82, 2.24) is 9.88 Å². The van der Waals surface area contributed by atoms with Crippen molar-refractivity contribution < 1.29 is 5.11 Å². The Morgan fingerprint density at radius 2 is 1.86 bits per heavy atom. The van der Waals surface area contributed by atoms with Gasteiger partial charge in [-0.3, -0.25) is 0 Å². The van der Waals surface area contributed by atoms with Gasteiger partial charge in [-0.1, -0.05) is 41.9 Å². The van der Waals surface area contributed by atoms with Crippen LogP contribution in [-0.2, 0) is 13.1 Å². The highest BCUT2D eigenvalue weighted by atomic mass is 35.5. The lowest BCUT2D eigenvalue weighted by Gasteiger charge is -2.10. The maximum absolute atomic E-state index is 8.90. The summed E-state index contributed by atoms with van der Waals surface area (Å²) in [5, 5.41) is 14.0. The minimum absolute atomic E-state index is 0.128. The molecule has 3 rings (SSSR count). The van der Waals surface area contributed by atoms with Crippen LogP contribution in [0.5, 0.6) is 0 Å². The Labute approximate surface area is 135 Å². The predicted molar refractivity (Wildman–Crippen MR) is 91.3 cm³/mol. The average Bonchev–Trinajstić information content (AvgIpc) is 2.94. The van der Waals surface area contributed by atoms with Crippen molar-refractivity contribution in [3.05, 3.63) is 70.9 Å². The molecule has 3 aromatic rings. The molecule has 22 heavy (non-hydrogen) atoms. The summed E-state index contributed by atoms with van der Waals surface area (Å²) in [5.74, 6) is 0. The van der Waals surface area contributed by atoms with E-state index in [-0.39, 0.29) is 6.61 Å². The van der Waals surface area contributed by atoms with Crippen LogP contribution in [0.4, 0.5) is 0 Å². The lowest BCUT2D eigenvalue weighted by atomic mass is 10.1. The van der Waals surface area contributed by atoms with Gasteiger partial charge in [0.25, 0.3) is 0 Å². The molecule has 0 amide bonds. The van der Waals surface area contributed by atoms with Gasteiger partial charge in [0.05, 0.1) is 6.61 Å². The standard InChI is InChI=1S/C18H19ClN2O/c19-17-6-7-18-15(16(17)12-20-9-11-22)8-10-21(18)13-14-4-2-1-3-5-14/h1-8,10,20,22H,9,11-13H2. The lowest BCUT2D eigenvalue weighted by Crippen LogP contribution is -2.17. The van der Waals surface area contributed by atoms with Gasteiger partial charge < -0.3 is 15.0 Å². The third-order valence-corrected chi connectivity index (χ3v) is 4.15. The summed E-state index contributed by atoms with van der Waals surface area (Å²) in [6.45, 7) is 2.20. The maximum atomic E-state index is 8.90. The molecule has 3 nitrogen and oxygen atoms in total. The number of rotatable bonds is 6. The number of fused-ring (bicyclic) bond motifs is 1.